The van der Waals surface area contributed by atoms with Crippen LogP contribution in [0.5, 0.6) is 0 Å². The number of hydrogen-bond acceptors (Lipinski definition) is 2. The summed E-state index contributed by atoms with van der Waals surface area (Å²) >= 11 is 5.70. The first-order valence-corrected chi connectivity index (χ1v) is 8.52. The number of rotatable bonds is 6. The highest BCUT2D eigenvalue weighted by atomic mass is 35.5. The summed E-state index contributed by atoms with van der Waals surface area (Å²) in [7, 11) is -3.20. The maximum atomic E-state index is 11.8. The zero-order valence-electron chi connectivity index (χ0n) is 11.7. The Hall–Kier alpha value is -0.580. The fourth-order valence-electron chi connectivity index (χ4n) is 1.45. The van der Waals surface area contributed by atoms with Gasteiger partial charge in [-0.05, 0) is 23.0 Å². The molecule has 0 aliphatic carbocycles. The minimum atomic E-state index is -3.20. The summed E-state index contributed by atoms with van der Waals surface area (Å²) < 4.78 is 26.3. The molecule has 1 rings (SSSR count). The molecule has 0 bridgehead atoms. The molecule has 0 heterocycles. The largest absolute Gasteiger partial charge is 0.212 e. The zero-order chi connectivity index (χ0) is 14.5. The summed E-state index contributed by atoms with van der Waals surface area (Å²) in [4.78, 5) is 0. The molecule has 0 spiro atoms. The number of nitrogens with one attached hydrogen (secondary N) is 1. The van der Waals surface area contributed by atoms with Gasteiger partial charge in [0.25, 0.3) is 0 Å². The Bertz CT molecular complexity index is 489. The zero-order valence-corrected chi connectivity index (χ0v) is 13.3. The van der Waals surface area contributed by atoms with Crippen LogP contribution in [-0.2, 0) is 22.4 Å². The molecular weight excluding hydrogens is 282 g/mol. The van der Waals surface area contributed by atoms with Gasteiger partial charge in [0, 0.05) is 12.4 Å². The molecule has 0 saturated heterocycles. The third kappa shape index (κ3) is 6.95. The van der Waals surface area contributed by atoms with E-state index in [0.29, 0.717) is 18.8 Å². The van der Waals surface area contributed by atoms with Crippen LogP contribution in [-0.4, -0.2) is 14.2 Å². The summed E-state index contributed by atoms with van der Waals surface area (Å²) in [6, 6.07) is 7.60. The van der Waals surface area contributed by atoms with Gasteiger partial charge in [-0.15, -0.1) is 11.6 Å². The standard InChI is InChI=1S/C14H22ClNO2S/c1-14(2,3)8-9-19(17,18)16-11-13-6-4-12(10-15)5-7-13/h4-7,16H,8-11H2,1-3H3. The third-order valence-corrected chi connectivity index (χ3v) is 4.43. The predicted molar refractivity (Wildman–Crippen MR) is 80.7 cm³/mol. The van der Waals surface area contributed by atoms with Gasteiger partial charge in [-0.25, -0.2) is 13.1 Å². The van der Waals surface area contributed by atoms with Crippen molar-refractivity contribution in [1.82, 2.24) is 4.72 Å². The summed E-state index contributed by atoms with van der Waals surface area (Å²) in [5, 5.41) is 0. The molecule has 0 amide bonds. The fourth-order valence-corrected chi connectivity index (χ4v) is 3.04. The molecule has 1 N–H and O–H groups in total. The van der Waals surface area contributed by atoms with Crippen molar-refractivity contribution in [2.75, 3.05) is 5.75 Å². The van der Waals surface area contributed by atoms with Crippen molar-refractivity contribution in [2.24, 2.45) is 5.41 Å². The summed E-state index contributed by atoms with van der Waals surface area (Å²) in [5.41, 5.74) is 1.99. The van der Waals surface area contributed by atoms with E-state index in [4.69, 9.17) is 11.6 Å². The van der Waals surface area contributed by atoms with Crippen molar-refractivity contribution in [2.45, 2.75) is 39.6 Å². The molecule has 0 saturated carbocycles. The SMILES string of the molecule is CC(C)(C)CCS(=O)(=O)NCc1ccc(CCl)cc1. The minimum Gasteiger partial charge on any atom is -0.212 e. The Balaban J connectivity index is 2.50. The highest BCUT2D eigenvalue weighted by molar-refractivity contribution is 7.89. The lowest BCUT2D eigenvalue weighted by Crippen LogP contribution is -2.28. The van der Waals surface area contributed by atoms with E-state index in [-0.39, 0.29) is 11.2 Å². The molecule has 108 valence electrons. The number of hydrogen-bond donors (Lipinski definition) is 1. The first-order valence-electron chi connectivity index (χ1n) is 6.33. The van der Waals surface area contributed by atoms with Gasteiger partial charge in [0.1, 0.15) is 0 Å². The average Bonchev–Trinajstić information content (AvgIpc) is 2.34. The average molecular weight is 304 g/mol. The van der Waals surface area contributed by atoms with Crippen molar-refractivity contribution in [3.63, 3.8) is 0 Å². The molecule has 0 radical (unpaired) electrons. The van der Waals surface area contributed by atoms with E-state index < -0.39 is 10.0 Å². The molecule has 0 atom stereocenters. The van der Waals surface area contributed by atoms with Crippen LogP contribution in [0.4, 0.5) is 0 Å². The molecule has 5 heteroatoms. The molecule has 0 aromatic heterocycles. The lowest BCUT2D eigenvalue weighted by atomic mass is 9.94. The topological polar surface area (TPSA) is 46.2 Å². The first-order chi connectivity index (χ1) is 8.72. The quantitative estimate of drug-likeness (QED) is 0.820. The third-order valence-electron chi connectivity index (χ3n) is 2.79. The van der Waals surface area contributed by atoms with E-state index in [1.807, 2.05) is 45.0 Å². The molecule has 3 nitrogen and oxygen atoms in total. The molecular formula is C14H22ClNO2S. The van der Waals surface area contributed by atoms with Gasteiger partial charge in [0.15, 0.2) is 0 Å². The Kier molecular flexibility index (Phi) is 5.83. The maximum absolute atomic E-state index is 11.8. The predicted octanol–water partition coefficient (Wildman–Crippen LogP) is 3.28. The summed E-state index contributed by atoms with van der Waals surface area (Å²) in [6.45, 7) is 6.43. The second kappa shape index (κ2) is 6.73. The first kappa shape index (κ1) is 16.5. The lowest BCUT2D eigenvalue weighted by Gasteiger charge is -2.17. The smallest absolute Gasteiger partial charge is 0.211 e. The lowest BCUT2D eigenvalue weighted by molar-refractivity contribution is 0.396. The Morgan fingerprint density at radius 2 is 1.63 bits per heavy atom. The fraction of sp³-hybridized carbons (Fsp3) is 0.571. The normalized spacial score (nSPS) is 12.6. The number of sulfonamides is 1. The Labute approximate surface area is 121 Å². The van der Waals surface area contributed by atoms with Gasteiger partial charge in [-0.1, -0.05) is 45.0 Å². The van der Waals surface area contributed by atoms with Crippen LogP contribution in [0, 0.1) is 5.41 Å². The highest BCUT2D eigenvalue weighted by Crippen LogP contribution is 2.19. The van der Waals surface area contributed by atoms with E-state index in [1.54, 1.807) is 0 Å². The van der Waals surface area contributed by atoms with Gasteiger partial charge >= 0.3 is 0 Å². The molecule has 0 fully saturated rings. The van der Waals surface area contributed by atoms with Crippen molar-refractivity contribution in [1.29, 1.82) is 0 Å². The van der Waals surface area contributed by atoms with Crippen molar-refractivity contribution < 1.29 is 8.42 Å². The Morgan fingerprint density at radius 1 is 1.11 bits per heavy atom. The van der Waals surface area contributed by atoms with Crippen LogP contribution in [0.15, 0.2) is 24.3 Å². The number of benzene rings is 1. The van der Waals surface area contributed by atoms with Crippen LogP contribution in [0.2, 0.25) is 0 Å². The highest BCUT2D eigenvalue weighted by Gasteiger charge is 2.16. The molecule has 1 aromatic rings. The van der Waals surface area contributed by atoms with Gasteiger partial charge in [-0.2, -0.15) is 0 Å². The summed E-state index contributed by atoms with van der Waals surface area (Å²) in [5.74, 6) is 0.633. The Morgan fingerprint density at radius 3 is 2.11 bits per heavy atom. The monoisotopic (exact) mass is 303 g/mol. The van der Waals surface area contributed by atoms with E-state index in [0.717, 1.165) is 11.1 Å². The van der Waals surface area contributed by atoms with E-state index in [2.05, 4.69) is 4.72 Å². The van der Waals surface area contributed by atoms with Crippen molar-refractivity contribution in [3.8, 4) is 0 Å². The van der Waals surface area contributed by atoms with E-state index in [9.17, 15) is 8.42 Å². The van der Waals surface area contributed by atoms with Gasteiger partial charge in [-0.3, -0.25) is 0 Å². The second-order valence-corrected chi connectivity index (χ2v) is 8.09. The van der Waals surface area contributed by atoms with Gasteiger partial charge < -0.3 is 0 Å². The maximum Gasteiger partial charge on any atom is 0.211 e. The number of alkyl halides is 1. The van der Waals surface area contributed by atoms with Gasteiger partial charge in [0.05, 0.1) is 5.75 Å². The van der Waals surface area contributed by atoms with Crippen molar-refractivity contribution >= 4 is 21.6 Å². The molecule has 0 unspecified atom stereocenters. The summed E-state index contributed by atoms with van der Waals surface area (Å²) in [6.07, 6.45) is 0.646. The van der Waals surface area contributed by atoms with Gasteiger partial charge in [0.2, 0.25) is 10.0 Å². The van der Waals surface area contributed by atoms with E-state index in [1.165, 1.54) is 0 Å². The number of halogens is 1. The molecule has 0 aliphatic rings. The minimum absolute atomic E-state index is 0.0246. The second-order valence-electron chi connectivity index (χ2n) is 5.90. The molecule has 0 aliphatic heterocycles. The van der Waals surface area contributed by atoms with Crippen LogP contribution in [0.1, 0.15) is 38.3 Å². The van der Waals surface area contributed by atoms with E-state index >= 15 is 0 Å². The van der Waals surface area contributed by atoms with Crippen LogP contribution < -0.4 is 4.72 Å². The van der Waals surface area contributed by atoms with Crippen molar-refractivity contribution in [3.05, 3.63) is 35.4 Å². The van der Waals surface area contributed by atoms with Crippen LogP contribution >= 0.6 is 11.6 Å². The molecule has 19 heavy (non-hydrogen) atoms. The van der Waals surface area contributed by atoms with Crippen LogP contribution in [0.3, 0.4) is 0 Å². The molecule has 1 aromatic carbocycles. The van der Waals surface area contributed by atoms with Crippen LogP contribution in [0.25, 0.3) is 0 Å².